The first-order chi connectivity index (χ1) is 20.5. The molecule has 0 radical (unpaired) electrons. The van der Waals surface area contributed by atoms with Crippen molar-refractivity contribution in [3.63, 3.8) is 0 Å². The molecule has 2 aliphatic heterocycles. The fourth-order valence-corrected chi connectivity index (χ4v) is 6.48. The SMILES string of the molecule is CC[C@H]1CN(C(C(=O)N2CCC[C@H]2C)c2ccc(C(F)(F)F)cc2)[C@H](CC)CN1c1nc(=O)n(C)c2ccc(C#N)nc12. The summed E-state index contributed by atoms with van der Waals surface area (Å²) in [6, 6.07) is 9.18. The fraction of sp³-hybridized carbons (Fsp3) is 0.516. The summed E-state index contributed by atoms with van der Waals surface area (Å²) in [4.78, 5) is 42.1. The number of nitriles is 1. The molecular formula is C31H36F3N7O2. The van der Waals surface area contributed by atoms with Gasteiger partial charge in [-0.1, -0.05) is 26.0 Å². The summed E-state index contributed by atoms with van der Waals surface area (Å²) in [6.45, 7) is 7.48. The number of hydrogen-bond donors (Lipinski definition) is 0. The number of fused-ring (bicyclic) bond motifs is 1. The van der Waals surface area contributed by atoms with E-state index in [1.54, 1.807) is 19.2 Å². The molecule has 2 aliphatic rings. The molecule has 5 rings (SSSR count). The molecule has 0 N–H and O–H groups in total. The minimum Gasteiger partial charge on any atom is -0.349 e. The van der Waals surface area contributed by atoms with Crippen molar-refractivity contribution in [2.45, 2.75) is 76.8 Å². The predicted octanol–water partition coefficient (Wildman–Crippen LogP) is 4.65. The molecule has 0 saturated carbocycles. The zero-order valence-electron chi connectivity index (χ0n) is 24.8. The lowest BCUT2D eigenvalue weighted by Gasteiger charge is -2.49. The number of piperazine rings is 1. The van der Waals surface area contributed by atoms with Crippen LogP contribution in [-0.2, 0) is 18.0 Å². The maximum atomic E-state index is 14.2. The van der Waals surface area contributed by atoms with E-state index in [2.05, 4.69) is 25.8 Å². The second-order valence-electron chi connectivity index (χ2n) is 11.5. The van der Waals surface area contributed by atoms with Crippen molar-refractivity contribution in [3.05, 3.63) is 63.7 Å². The monoisotopic (exact) mass is 595 g/mol. The van der Waals surface area contributed by atoms with Gasteiger partial charge < -0.3 is 9.80 Å². The van der Waals surface area contributed by atoms with Gasteiger partial charge in [0.15, 0.2) is 5.82 Å². The number of aryl methyl sites for hydroxylation is 1. The molecule has 2 aromatic heterocycles. The molecule has 4 atom stereocenters. The van der Waals surface area contributed by atoms with Gasteiger partial charge in [0.25, 0.3) is 0 Å². The van der Waals surface area contributed by atoms with Crippen LogP contribution in [0.5, 0.6) is 0 Å². The zero-order valence-corrected chi connectivity index (χ0v) is 24.8. The molecule has 9 nitrogen and oxygen atoms in total. The van der Waals surface area contributed by atoms with E-state index < -0.39 is 23.5 Å². The van der Waals surface area contributed by atoms with E-state index in [4.69, 9.17) is 0 Å². The van der Waals surface area contributed by atoms with Crippen LogP contribution in [0.25, 0.3) is 11.0 Å². The van der Waals surface area contributed by atoms with Crippen molar-refractivity contribution in [3.8, 4) is 6.07 Å². The van der Waals surface area contributed by atoms with Crippen LogP contribution in [-0.4, -0.2) is 68.0 Å². The number of benzene rings is 1. The standard InChI is InChI=1S/C31H36F3N7O2/c1-5-23-18-41(28-26-25(38(4)30(43)37-28)14-13-22(16-35)36-26)24(6-2)17-40(23)27(29(42)39-15-7-8-19(39)3)20-9-11-21(12-10-20)31(32,33)34/h9-14,19,23-24,27H,5-8,15,17-18H2,1-4H3/t19-,23-,24+,27?/m1/s1. The number of rotatable bonds is 6. The number of nitrogens with zero attached hydrogens (tertiary/aromatic N) is 7. The average Bonchev–Trinajstić information content (AvgIpc) is 3.44. The number of amides is 1. The number of halogens is 3. The Balaban J connectivity index is 1.58. The van der Waals surface area contributed by atoms with E-state index >= 15 is 0 Å². The largest absolute Gasteiger partial charge is 0.416 e. The average molecular weight is 596 g/mol. The first kappa shape index (κ1) is 30.5. The van der Waals surface area contributed by atoms with Gasteiger partial charge in [0.1, 0.15) is 23.3 Å². The van der Waals surface area contributed by atoms with E-state index in [0.717, 1.165) is 25.0 Å². The van der Waals surface area contributed by atoms with Gasteiger partial charge in [0.05, 0.1) is 11.1 Å². The van der Waals surface area contributed by atoms with Crippen LogP contribution in [0, 0.1) is 11.3 Å². The van der Waals surface area contributed by atoms with Crippen LogP contribution in [0.1, 0.15) is 69.3 Å². The number of anilines is 1. The molecular weight excluding hydrogens is 559 g/mol. The third-order valence-corrected chi connectivity index (χ3v) is 8.96. The van der Waals surface area contributed by atoms with Gasteiger partial charge in [-0.05, 0) is 62.4 Å². The van der Waals surface area contributed by atoms with E-state index in [-0.39, 0.29) is 29.7 Å². The molecule has 1 amide bonds. The molecule has 12 heteroatoms. The van der Waals surface area contributed by atoms with Crippen molar-refractivity contribution in [1.82, 2.24) is 24.3 Å². The van der Waals surface area contributed by atoms with Gasteiger partial charge in [-0.15, -0.1) is 0 Å². The number of carbonyl (C=O) groups is 1. The maximum absolute atomic E-state index is 14.2. The normalized spacial score (nSPS) is 22.1. The lowest BCUT2D eigenvalue weighted by Crippen LogP contribution is -2.61. The van der Waals surface area contributed by atoms with Crippen LogP contribution >= 0.6 is 0 Å². The van der Waals surface area contributed by atoms with Crippen molar-refractivity contribution < 1.29 is 18.0 Å². The first-order valence-electron chi connectivity index (χ1n) is 14.8. The molecule has 0 spiro atoms. The fourth-order valence-electron chi connectivity index (χ4n) is 6.48. The van der Waals surface area contributed by atoms with Crippen LogP contribution in [0.4, 0.5) is 19.0 Å². The Morgan fingerprint density at radius 3 is 2.35 bits per heavy atom. The first-order valence-corrected chi connectivity index (χ1v) is 14.8. The molecule has 0 bridgehead atoms. The van der Waals surface area contributed by atoms with Crippen molar-refractivity contribution in [1.29, 1.82) is 5.26 Å². The van der Waals surface area contributed by atoms with E-state index in [1.165, 1.54) is 16.7 Å². The highest BCUT2D eigenvalue weighted by molar-refractivity contribution is 5.87. The van der Waals surface area contributed by atoms with Crippen LogP contribution < -0.4 is 10.6 Å². The molecule has 1 aromatic carbocycles. The third kappa shape index (κ3) is 5.70. The van der Waals surface area contributed by atoms with Gasteiger partial charge in [0.2, 0.25) is 5.91 Å². The minimum atomic E-state index is -4.48. The van der Waals surface area contributed by atoms with Crippen molar-refractivity contribution in [2.75, 3.05) is 24.5 Å². The summed E-state index contributed by atoms with van der Waals surface area (Å²) in [5.41, 5.74) is 0.537. The predicted molar refractivity (Wildman–Crippen MR) is 156 cm³/mol. The molecule has 43 heavy (non-hydrogen) atoms. The summed E-state index contributed by atoms with van der Waals surface area (Å²) in [7, 11) is 1.61. The second kappa shape index (κ2) is 12.0. The number of pyridine rings is 1. The van der Waals surface area contributed by atoms with E-state index in [1.807, 2.05) is 25.7 Å². The Morgan fingerprint density at radius 1 is 1.07 bits per heavy atom. The quantitative estimate of drug-likeness (QED) is 0.409. The van der Waals surface area contributed by atoms with Crippen LogP contribution in [0.2, 0.25) is 0 Å². The van der Waals surface area contributed by atoms with Gasteiger partial charge in [-0.2, -0.15) is 23.4 Å². The summed E-state index contributed by atoms with van der Waals surface area (Å²) in [5, 5.41) is 9.51. The summed E-state index contributed by atoms with van der Waals surface area (Å²) >= 11 is 0. The summed E-state index contributed by atoms with van der Waals surface area (Å²) in [5.74, 6) is 0.287. The maximum Gasteiger partial charge on any atom is 0.416 e. The number of carbonyl (C=O) groups excluding carboxylic acids is 1. The summed E-state index contributed by atoms with van der Waals surface area (Å²) < 4.78 is 41.7. The Morgan fingerprint density at radius 2 is 1.77 bits per heavy atom. The topological polar surface area (TPSA) is 98.4 Å². The number of aromatic nitrogens is 3. The van der Waals surface area contributed by atoms with Crippen molar-refractivity contribution >= 4 is 22.8 Å². The highest BCUT2D eigenvalue weighted by atomic mass is 19.4. The molecule has 2 saturated heterocycles. The number of likely N-dealkylation sites (tertiary alicyclic amines) is 1. The molecule has 2 fully saturated rings. The van der Waals surface area contributed by atoms with E-state index in [9.17, 15) is 28.0 Å². The third-order valence-electron chi connectivity index (χ3n) is 8.96. The lowest BCUT2D eigenvalue weighted by molar-refractivity contribution is -0.139. The Labute approximate surface area is 248 Å². The molecule has 1 unspecified atom stereocenters. The molecule has 0 aliphatic carbocycles. The van der Waals surface area contributed by atoms with Gasteiger partial charge >= 0.3 is 11.9 Å². The number of hydrogen-bond acceptors (Lipinski definition) is 7. The van der Waals surface area contributed by atoms with Gasteiger partial charge in [-0.3, -0.25) is 14.3 Å². The highest BCUT2D eigenvalue weighted by Gasteiger charge is 2.43. The highest BCUT2D eigenvalue weighted by Crippen LogP contribution is 2.37. The zero-order chi connectivity index (χ0) is 31.1. The van der Waals surface area contributed by atoms with Crippen molar-refractivity contribution in [2.24, 2.45) is 7.05 Å². The minimum absolute atomic E-state index is 0.0456. The Bertz CT molecular complexity index is 1600. The number of alkyl halides is 3. The Hall–Kier alpha value is -3.98. The molecule has 3 aromatic rings. The summed E-state index contributed by atoms with van der Waals surface area (Å²) in [6.07, 6.45) is -1.42. The molecule has 228 valence electrons. The lowest BCUT2D eigenvalue weighted by atomic mass is 9.94. The molecule has 4 heterocycles. The second-order valence-corrected chi connectivity index (χ2v) is 11.5. The van der Waals surface area contributed by atoms with Crippen LogP contribution in [0.3, 0.4) is 0 Å². The van der Waals surface area contributed by atoms with Gasteiger partial charge in [-0.25, -0.2) is 9.78 Å². The van der Waals surface area contributed by atoms with Crippen LogP contribution in [0.15, 0.2) is 41.2 Å². The Kier molecular flexibility index (Phi) is 8.47. The van der Waals surface area contributed by atoms with E-state index in [0.29, 0.717) is 54.9 Å². The smallest absolute Gasteiger partial charge is 0.349 e. The van der Waals surface area contributed by atoms with Gasteiger partial charge in [0, 0.05) is 44.8 Å².